The van der Waals surface area contributed by atoms with Crippen LogP contribution >= 0.6 is 0 Å². The van der Waals surface area contributed by atoms with Crippen LogP contribution < -0.4 is 18.9 Å². The van der Waals surface area contributed by atoms with Gasteiger partial charge in [-0.2, -0.15) is 0 Å². The van der Waals surface area contributed by atoms with Crippen molar-refractivity contribution < 1.29 is 33.6 Å². The second kappa shape index (κ2) is 12.0. The predicted octanol–water partition coefficient (Wildman–Crippen LogP) is 4.19. The number of benzene rings is 2. The molecule has 2 aromatic rings. The summed E-state index contributed by atoms with van der Waals surface area (Å²) < 4.78 is 22.4. The zero-order chi connectivity index (χ0) is 28.3. The number of ketones is 1. The van der Waals surface area contributed by atoms with Crippen molar-refractivity contribution >= 4 is 17.4 Å². The van der Waals surface area contributed by atoms with E-state index in [-0.39, 0.29) is 17.4 Å². The first-order valence-electron chi connectivity index (χ1n) is 13.4. The van der Waals surface area contributed by atoms with E-state index < -0.39 is 17.7 Å². The van der Waals surface area contributed by atoms with E-state index in [1.807, 2.05) is 13.0 Å². The average molecular weight is 539 g/mol. The molecule has 0 bridgehead atoms. The summed E-state index contributed by atoms with van der Waals surface area (Å²) in [5, 5.41) is 11.5. The number of Topliss-reactive ketones (excluding diaryl/α,β-unsaturated/α-hetero) is 1. The van der Waals surface area contributed by atoms with Gasteiger partial charge in [0.05, 0.1) is 32.9 Å². The lowest BCUT2D eigenvalue weighted by atomic mass is 9.94. The van der Waals surface area contributed by atoms with Crippen LogP contribution in [0.3, 0.4) is 0 Å². The number of aliphatic hydroxyl groups is 1. The van der Waals surface area contributed by atoms with Crippen LogP contribution in [0.1, 0.15) is 49.9 Å². The molecular formula is C30H38N2O7. The van der Waals surface area contributed by atoms with E-state index in [0.29, 0.717) is 47.8 Å². The van der Waals surface area contributed by atoms with Crippen LogP contribution in [0.5, 0.6) is 23.0 Å². The summed E-state index contributed by atoms with van der Waals surface area (Å²) in [6.45, 7) is 9.07. The summed E-state index contributed by atoms with van der Waals surface area (Å²) in [5.74, 6) is 0.355. The van der Waals surface area contributed by atoms with Crippen LogP contribution in [0.25, 0.3) is 5.76 Å². The van der Waals surface area contributed by atoms with Crippen molar-refractivity contribution in [3.8, 4) is 23.0 Å². The number of methoxy groups -OCH3 is 3. The molecule has 1 N–H and O–H groups in total. The average Bonchev–Trinajstić information content (AvgIpc) is 3.44. The number of fused-ring (bicyclic) bond motifs is 1. The fourth-order valence-electron chi connectivity index (χ4n) is 5.45. The molecule has 0 aromatic heterocycles. The number of rotatable bonds is 11. The lowest BCUT2D eigenvalue weighted by Gasteiger charge is -2.27. The van der Waals surface area contributed by atoms with Crippen molar-refractivity contribution in [1.29, 1.82) is 0 Å². The van der Waals surface area contributed by atoms with Crippen LogP contribution in [-0.2, 0) is 16.0 Å². The Bertz CT molecular complexity index is 1240. The van der Waals surface area contributed by atoms with Crippen molar-refractivity contribution in [1.82, 2.24) is 9.80 Å². The van der Waals surface area contributed by atoms with Crippen LogP contribution in [0, 0.1) is 0 Å². The van der Waals surface area contributed by atoms with Crippen molar-refractivity contribution in [3.63, 3.8) is 0 Å². The molecule has 2 aliphatic heterocycles. The number of hydrogen-bond donors (Lipinski definition) is 1. The van der Waals surface area contributed by atoms with Gasteiger partial charge in [-0.25, -0.2) is 0 Å². The van der Waals surface area contributed by atoms with Gasteiger partial charge in [-0.1, -0.05) is 13.8 Å². The van der Waals surface area contributed by atoms with E-state index in [9.17, 15) is 14.7 Å². The lowest BCUT2D eigenvalue weighted by Crippen LogP contribution is -2.33. The van der Waals surface area contributed by atoms with E-state index in [1.165, 1.54) is 26.2 Å². The van der Waals surface area contributed by atoms with E-state index in [0.717, 1.165) is 30.9 Å². The molecule has 1 amide bonds. The highest BCUT2D eigenvalue weighted by atomic mass is 16.5. The second-order valence-corrected chi connectivity index (χ2v) is 9.79. The number of ether oxygens (including phenoxy) is 4. The quantitative estimate of drug-likeness (QED) is 0.258. The number of carbonyl (C=O) groups excluding carboxylic acids is 2. The van der Waals surface area contributed by atoms with Crippen LogP contribution in [0.15, 0.2) is 35.9 Å². The number of amides is 1. The molecule has 0 unspecified atom stereocenters. The molecule has 1 saturated heterocycles. The summed E-state index contributed by atoms with van der Waals surface area (Å²) in [5.41, 5.74) is 2.02. The first kappa shape index (κ1) is 28.3. The number of hydrogen-bond acceptors (Lipinski definition) is 8. The molecule has 0 aliphatic carbocycles. The first-order valence-corrected chi connectivity index (χ1v) is 13.4. The Morgan fingerprint density at radius 3 is 2.31 bits per heavy atom. The maximum absolute atomic E-state index is 13.5. The van der Waals surface area contributed by atoms with E-state index in [1.54, 1.807) is 24.3 Å². The molecule has 9 heteroatoms. The van der Waals surface area contributed by atoms with E-state index >= 15 is 0 Å². The second-order valence-electron chi connectivity index (χ2n) is 9.79. The summed E-state index contributed by atoms with van der Waals surface area (Å²) in [7, 11) is 4.53. The Morgan fingerprint density at radius 1 is 1.05 bits per heavy atom. The minimum absolute atomic E-state index is 0.0315. The van der Waals surface area contributed by atoms with Gasteiger partial charge in [0.1, 0.15) is 17.6 Å². The molecule has 39 heavy (non-hydrogen) atoms. The van der Waals surface area contributed by atoms with Crippen molar-refractivity contribution in [2.24, 2.45) is 0 Å². The van der Waals surface area contributed by atoms with Gasteiger partial charge < -0.3 is 33.9 Å². The third-order valence-corrected chi connectivity index (χ3v) is 7.48. The van der Waals surface area contributed by atoms with Gasteiger partial charge in [-0.15, -0.1) is 0 Å². The highest BCUT2D eigenvalue weighted by Gasteiger charge is 2.46. The smallest absolute Gasteiger partial charge is 0.295 e. The van der Waals surface area contributed by atoms with Crippen molar-refractivity contribution in [2.45, 2.75) is 45.8 Å². The molecule has 2 aromatic carbocycles. The van der Waals surface area contributed by atoms with E-state index in [4.69, 9.17) is 18.9 Å². The van der Waals surface area contributed by atoms with Gasteiger partial charge in [0.15, 0.2) is 11.5 Å². The standard InChI is InChI=1S/C30H38N2O7/c1-7-31(8-2)12-9-13-32-26(21-16-23(36-4)29(38-6)24(17-21)37-5)25(28(34)30(32)35)27(33)19-10-11-22-20(15-19)14-18(3)39-22/h10-11,15-18,26,33H,7-9,12-14H2,1-6H3/b27-25+/t18-,26-/m0/s1. The molecule has 2 heterocycles. The first-order chi connectivity index (χ1) is 18.8. The minimum Gasteiger partial charge on any atom is -0.507 e. The van der Waals surface area contributed by atoms with Crippen molar-refractivity contribution in [3.05, 3.63) is 52.6 Å². The zero-order valence-corrected chi connectivity index (χ0v) is 23.6. The predicted molar refractivity (Wildman–Crippen MR) is 148 cm³/mol. The Labute approximate surface area is 229 Å². The van der Waals surface area contributed by atoms with Gasteiger partial charge in [0, 0.05) is 18.5 Å². The van der Waals surface area contributed by atoms with Crippen LogP contribution in [-0.4, -0.2) is 80.2 Å². The van der Waals surface area contributed by atoms with Crippen LogP contribution in [0.2, 0.25) is 0 Å². The maximum atomic E-state index is 13.5. The number of likely N-dealkylation sites (tertiary alicyclic amines) is 1. The fraction of sp³-hybridized carbons (Fsp3) is 0.467. The maximum Gasteiger partial charge on any atom is 0.295 e. The molecular weight excluding hydrogens is 500 g/mol. The molecule has 2 aliphatic rings. The monoisotopic (exact) mass is 538 g/mol. The number of carbonyl (C=O) groups is 2. The largest absolute Gasteiger partial charge is 0.507 e. The highest BCUT2D eigenvalue weighted by molar-refractivity contribution is 6.46. The molecule has 210 valence electrons. The third-order valence-electron chi connectivity index (χ3n) is 7.48. The summed E-state index contributed by atoms with van der Waals surface area (Å²) in [4.78, 5) is 30.7. The molecule has 0 radical (unpaired) electrons. The van der Waals surface area contributed by atoms with Gasteiger partial charge in [-0.05, 0) is 74.4 Å². The molecule has 0 saturated carbocycles. The van der Waals surface area contributed by atoms with E-state index in [2.05, 4.69) is 18.7 Å². The lowest BCUT2D eigenvalue weighted by molar-refractivity contribution is -0.140. The minimum atomic E-state index is -0.834. The number of aliphatic hydroxyl groups excluding tert-OH is 1. The molecule has 4 rings (SSSR count). The Kier molecular flexibility index (Phi) is 8.70. The molecule has 2 atom stereocenters. The Balaban J connectivity index is 1.83. The Hall–Kier alpha value is -3.72. The van der Waals surface area contributed by atoms with Gasteiger partial charge in [0.2, 0.25) is 5.75 Å². The SMILES string of the molecule is CCN(CC)CCCN1C(=O)C(=O)/C(=C(/O)c2ccc3c(c2)C[C@H](C)O3)[C@@H]1c1cc(OC)c(OC)c(OC)c1. The topological polar surface area (TPSA) is 97.8 Å². The third kappa shape index (κ3) is 5.41. The van der Waals surface area contributed by atoms with Crippen LogP contribution in [0.4, 0.5) is 0 Å². The van der Waals surface area contributed by atoms with Crippen molar-refractivity contribution in [2.75, 3.05) is 47.5 Å². The highest BCUT2D eigenvalue weighted by Crippen LogP contribution is 2.46. The Morgan fingerprint density at radius 2 is 1.72 bits per heavy atom. The van der Waals surface area contributed by atoms with Gasteiger partial charge in [-0.3, -0.25) is 9.59 Å². The number of nitrogens with zero attached hydrogens (tertiary/aromatic N) is 2. The van der Waals surface area contributed by atoms with Gasteiger partial charge >= 0.3 is 0 Å². The summed E-state index contributed by atoms with van der Waals surface area (Å²) in [6.07, 6.45) is 1.41. The molecule has 9 nitrogen and oxygen atoms in total. The summed E-state index contributed by atoms with van der Waals surface area (Å²) >= 11 is 0. The van der Waals surface area contributed by atoms with Gasteiger partial charge in [0.25, 0.3) is 11.7 Å². The zero-order valence-electron chi connectivity index (χ0n) is 23.6. The summed E-state index contributed by atoms with van der Waals surface area (Å²) in [6, 6.07) is 7.95. The molecule has 1 fully saturated rings. The normalized spacial score (nSPS) is 19.8. The fourth-order valence-corrected chi connectivity index (χ4v) is 5.45. The molecule has 0 spiro atoms.